The number of fused-ring (bicyclic) bond motifs is 1. The maximum atomic E-state index is 13.5. The minimum Gasteiger partial charge on any atom is -0.308 e. The van der Waals surface area contributed by atoms with Crippen molar-refractivity contribution in [1.29, 1.82) is 0 Å². The van der Waals surface area contributed by atoms with E-state index >= 15 is 0 Å². The summed E-state index contributed by atoms with van der Waals surface area (Å²) in [6, 6.07) is 6.76. The van der Waals surface area contributed by atoms with Crippen molar-refractivity contribution in [2.24, 2.45) is 0 Å². The Morgan fingerprint density at radius 1 is 1.33 bits per heavy atom. The topological polar surface area (TPSA) is 55.2 Å². The third-order valence-electron chi connectivity index (χ3n) is 4.49. The van der Waals surface area contributed by atoms with Crippen molar-refractivity contribution >= 4 is 11.6 Å². The Morgan fingerprint density at radius 3 is 2.83 bits per heavy atom. The molecular formula is C18H20FN3O2. The number of carbonyl (C=O) groups excluding carboxylic acids is 1. The molecule has 0 radical (unpaired) electrons. The molecule has 1 amide bonds. The maximum Gasteiger partial charge on any atom is 0.267 e. The smallest absolute Gasteiger partial charge is 0.267 e. The molecule has 0 spiro atoms. The third kappa shape index (κ3) is 2.84. The molecule has 1 aromatic heterocycles. The first-order valence-corrected chi connectivity index (χ1v) is 8.06. The summed E-state index contributed by atoms with van der Waals surface area (Å²) in [5.74, 6) is -0.518. The zero-order valence-electron chi connectivity index (χ0n) is 14.0. The average Bonchev–Trinajstić information content (AvgIpc) is 2.56. The first kappa shape index (κ1) is 16.4. The number of halogens is 1. The lowest BCUT2D eigenvalue weighted by Gasteiger charge is -2.36. The standard InChI is InChI=1S/C18H20FN3O2/c1-11-4-9-17(23)22(20-11)13(3)18(24)21-12(2)5-6-14-10-15(19)7-8-16(14)21/h4,7-10,12-13H,5-6H2,1-3H3. The van der Waals surface area contributed by atoms with Crippen LogP contribution in [0.25, 0.3) is 0 Å². The fourth-order valence-corrected chi connectivity index (χ4v) is 3.16. The fraction of sp³-hybridized carbons (Fsp3) is 0.389. The lowest BCUT2D eigenvalue weighted by molar-refractivity contribution is -0.122. The largest absolute Gasteiger partial charge is 0.308 e. The number of carbonyl (C=O) groups is 1. The predicted octanol–water partition coefficient (Wildman–Crippen LogP) is 2.62. The molecule has 2 atom stereocenters. The highest BCUT2D eigenvalue weighted by Crippen LogP contribution is 2.32. The molecule has 0 saturated heterocycles. The average molecular weight is 329 g/mol. The number of hydrogen-bond acceptors (Lipinski definition) is 3. The first-order valence-electron chi connectivity index (χ1n) is 8.06. The van der Waals surface area contributed by atoms with Crippen molar-refractivity contribution < 1.29 is 9.18 Å². The van der Waals surface area contributed by atoms with Crippen molar-refractivity contribution in [3.63, 3.8) is 0 Å². The zero-order chi connectivity index (χ0) is 17.4. The molecule has 3 rings (SSSR count). The van der Waals surface area contributed by atoms with Gasteiger partial charge in [0.2, 0.25) is 0 Å². The molecule has 2 aromatic rings. The molecule has 1 aromatic carbocycles. The van der Waals surface area contributed by atoms with Crippen molar-refractivity contribution in [3.05, 3.63) is 57.8 Å². The van der Waals surface area contributed by atoms with Gasteiger partial charge in [-0.05, 0) is 63.4 Å². The molecule has 5 nitrogen and oxygen atoms in total. The van der Waals surface area contributed by atoms with E-state index < -0.39 is 6.04 Å². The number of rotatable bonds is 2. The summed E-state index contributed by atoms with van der Waals surface area (Å²) in [4.78, 5) is 26.8. The van der Waals surface area contributed by atoms with Crippen molar-refractivity contribution in [3.8, 4) is 0 Å². The molecule has 0 fully saturated rings. The summed E-state index contributed by atoms with van der Waals surface area (Å²) in [6.07, 6.45) is 1.49. The highest BCUT2D eigenvalue weighted by atomic mass is 19.1. The Balaban J connectivity index is 2.00. The molecule has 0 N–H and O–H groups in total. The lowest BCUT2D eigenvalue weighted by atomic mass is 9.95. The van der Waals surface area contributed by atoms with Crippen LogP contribution in [0, 0.1) is 12.7 Å². The Morgan fingerprint density at radius 2 is 2.08 bits per heavy atom. The van der Waals surface area contributed by atoms with E-state index in [9.17, 15) is 14.0 Å². The van der Waals surface area contributed by atoms with Crippen LogP contribution in [-0.2, 0) is 11.2 Å². The van der Waals surface area contributed by atoms with Gasteiger partial charge >= 0.3 is 0 Å². The number of aromatic nitrogens is 2. The SMILES string of the molecule is Cc1ccc(=O)n(C(C)C(=O)N2c3ccc(F)cc3CCC2C)n1. The second-order valence-electron chi connectivity index (χ2n) is 6.30. The Hall–Kier alpha value is -2.50. The molecule has 24 heavy (non-hydrogen) atoms. The van der Waals surface area contributed by atoms with Crippen LogP contribution >= 0.6 is 0 Å². The Bertz CT molecular complexity index is 846. The van der Waals surface area contributed by atoms with Gasteiger partial charge < -0.3 is 4.90 Å². The van der Waals surface area contributed by atoms with Crippen molar-refractivity contribution in [1.82, 2.24) is 9.78 Å². The van der Waals surface area contributed by atoms with Gasteiger partial charge in [0.15, 0.2) is 0 Å². The summed E-state index contributed by atoms with van der Waals surface area (Å²) in [7, 11) is 0. The monoisotopic (exact) mass is 329 g/mol. The van der Waals surface area contributed by atoms with Gasteiger partial charge in [0.1, 0.15) is 11.9 Å². The predicted molar refractivity (Wildman–Crippen MR) is 89.6 cm³/mol. The van der Waals surface area contributed by atoms with Crippen LogP contribution in [-0.4, -0.2) is 21.7 Å². The number of benzene rings is 1. The van der Waals surface area contributed by atoms with Crippen LogP contribution in [0.3, 0.4) is 0 Å². The Labute approximate surface area is 139 Å². The second kappa shape index (κ2) is 6.19. The molecular weight excluding hydrogens is 309 g/mol. The van der Waals surface area contributed by atoms with Crippen LogP contribution in [0.5, 0.6) is 0 Å². The van der Waals surface area contributed by atoms with Crippen molar-refractivity contribution in [2.75, 3.05) is 4.90 Å². The van der Waals surface area contributed by atoms with E-state index in [2.05, 4.69) is 5.10 Å². The lowest BCUT2D eigenvalue weighted by Crippen LogP contribution is -2.47. The molecule has 0 saturated carbocycles. The Kier molecular flexibility index (Phi) is 4.22. The molecule has 1 aliphatic heterocycles. The van der Waals surface area contributed by atoms with Gasteiger partial charge in [-0.1, -0.05) is 0 Å². The highest BCUT2D eigenvalue weighted by Gasteiger charge is 2.32. The third-order valence-corrected chi connectivity index (χ3v) is 4.49. The van der Waals surface area contributed by atoms with E-state index in [-0.39, 0.29) is 23.3 Å². The first-order chi connectivity index (χ1) is 11.4. The summed E-state index contributed by atoms with van der Waals surface area (Å²) in [6.45, 7) is 5.40. The van der Waals surface area contributed by atoms with Crippen LogP contribution in [0.2, 0.25) is 0 Å². The molecule has 6 heteroatoms. The zero-order valence-corrected chi connectivity index (χ0v) is 14.0. The van der Waals surface area contributed by atoms with Gasteiger partial charge in [0.25, 0.3) is 11.5 Å². The minimum absolute atomic E-state index is 0.0153. The highest BCUT2D eigenvalue weighted by molar-refractivity contribution is 5.97. The summed E-state index contributed by atoms with van der Waals surface area (Å²) >= 11 is 0. The number of amides is 1. The van der Waals surface area contributed by atoms with E-state index in [1.807, 2.05) is 6.92 Å². The molecule has 0 bridgehead atoms. The van der Waals surface area contributed by atoms with Gasteiger partial charge in [-0.3, -0.25) is 9.59 Å². The van der Waals surface area contributed by atoms with E-state index in [1.54, 1.807) is 30.9 Å². The van der Waals surface area contributed by atoms with Gasteiger partial charge in [-0.2, -0.15) is 5.10 Å². The van der Waals surface area contributed by atoms with E-state index in [0.717, 1.165) is 18.4 Å². The van der Waals surface area contributed by atoms with E-state index in [0.29, 0.717) is 11.4 Å². The maximum absolute atomic E-state index is 13.5. The number of aryl methyl sites for hydroxylation is 2. The normalized spacial score (nSPS) is 18.2. The quantitative estimate of drug-likeness (QED) is 0.851. The van der Waals surface area contributed by atoms with Gasteiger partial charge in [0.05, 0.1) is 5.69 Å². The number of hydrogen-bond donors (Lipinski definition) is 0. The molecule has 2 heterocycles. The van der Waals surface area contributed by atoms with E-state index in [4.69, 9.17) is 0 Å². The molecule has 0 aliphatic carbocycles. The van der Waals surface area contributed by atoms with Crippen LogP contribution in [0.1, 0.15) is 37.6 Å². The minimum atomic E-state index is -0.726. The molecule has 2 unspecified atom stereocenters. The summed E-state index contributed by atoms with van der Waals surface area (Å²) in [5.41, 5.74) is 1.89. The van der Waals surface area contributed by atoms with Gasteiger partial charge in [0, 0.05) is 17.8 Å². The summed E-state index contributed by atoms with van der Waals surface area (Å²) in [5, 5.41) is 4.18. The number of anilines is 1. The summed E-state index contributed by atoms with van der Waals surface area (Å²) < 4.78 is 14.7. The van der Waals surface area contributed by atoms with Gasteiger partial charge in [-0.15, -0.1) is 0 Å². The molecule has 126 valence electrons. The van der Waals surface area contributed by atoms with Crippen LogP contribution in [0.4, 0.5) is 10.1 Å². The van der Waals surface area contributed by atoms with Crippen molar-refractivity contribution in [2.45, 2.75) is 45.7 Å². The van der Waals surface area contributed by atoms with Gasteiger partial charge in [-0.25, -0.2) is 9.07 Å². The second-order valence-corrected chi connectivity index (χ2v) is 6.30. The van der Waals surface area contributed by atoms with Crippen LogP contribution < -0.4 is 10.5 Å². The fourth-order valence-electron chi connectivity index (χ4n) is 3.16. The number of nitrogens with zero attached hydrogens (tertiary/aromatic N) is 3. The van der Waals surface area contributed by atoms with Crippen LogP contribution in [0.15, 0.2) is 35.1 Å². The van der Waals surface area contributed by atoms with E-state index in [1.165, 1.54) is 22.9 Å². The molecule has 1 aliphatic rings.